The largest absolute Gasteiger partial charge is 0.485 e. The lowest BCUT2D eigenvalue weighted by Crippen LogP contribution is -2.47. The summed E-state index contributed by atoms with van der Waals surface area (Å²) in [5.74, 6) is -2.29. The van der Waals surface area contributed by atoms with Crippen LogP contribution in [-0.4, -0.2) is 40.6 Å². The van der Waals surface area contributed by atoms with Crippen LogP contribution in [0.15, 0.2) is 58.0 Å². The molecule has 12 heteroatoms. The van der Waals surface area contributed by atoms with Crippen LogP contribution in [0, 0.1) is 0 Å². The predicted molar refractivity (Wildman–Crippen MR) is 114 cm³/mol. The van der Waals surface area contributed by atoms with Crippen molar-refractivity contribution in [3.63, 3.8) is 0 Å². The van der Waals surface area contributed by atoms with Crippen LogP contribution in [0.5, 0.6) is 5.75 Å². The van der Waals surface area contributed by atoms with Gasteiger partial charge in [0.2, 0.25) is 0 Å². The number of aliphatic imine (C=N–C) groups is 1. The van der Waals surface area contributed by atoms with Gasteiger partial charge in [-0.15, -0.1) is 0 Å². The lowest BCUT2D eigenvalue weighted by molar-refractivity contribution is -0.155. The number of hydrogen-bond acceptors (Lipinski definition) is 4. The Labute approximate surface area is 197 Å². The van der Waals surface area contributed by atoms with Crippen molar-refractivity contribution in [1.29, 1.82) is 0 Å². The minimum absolute atomic E-state index is 0.0646. The predicted octanol–water partition coefficient (Wildman–Crippen LogP) is 6.22. The Kier molecular flexibility index (Phi) is 6.19. The van der Waals surface area contributed by atoms with Crippen LogP contribution in [0.2, 0.25) is 0 Å². The number of halogens is 7. The van der Waals surface area contributed by atoms with Crippen molar-refractivity contribution < 1.29 is 35.9 Å². The molecule has 0 aliphatic carbocycles. The molecule has 2 aliphatic heterocycles. The summed E-state index contributed by atoms with van der Waals surface area (Å²) in [6.07, 6.45) is -10.4. The minimum atomic E-state index is -4.83. The van der Waals surface area contributed by atoms with Crippen LogP contribution in [0.25, 0.3) is 0 Å². The number of benzene rings is 2. The fourth-order valence-corrected chi connectivity index (χ4v) is 5.00. The van der Waals surface area contributed by atoms with Crippen molar-refractivity contribution in [3.8, 4) is 5.75 Å². The third-order valence-corrected chi connectivity index (χ3v) is 6.66. The van der Waals surface area contributed by atoms with Gasteiger partial charge in [-0.2, -0.15) is 26.3 Å². The molecular formula is C21H15BrF6N2O2S. The summed E-state index contributed by atoms with van der Waals surface area (Å²) < 4.78 is 84.9. The van der Waals surface area contributed by atoms with Crippen LogP contribution >= 0.6 is 27.7 Å². The minimum Gasteiger partial charge on any atom is -0.485 e. The quantitative estimate of drug-likeness (QED) is 0.424. The van der Waals surface area contributed by atoms with Crippen molar-refractivity contribution in [1.82, 2.24) is 4.90 Å². The molecule has 2 unspecified atom stereocenters. The standard InChI is InChI=1S/C21H15BrF6N2O2S/c22-13-6-7-15-14(8-13)19(9-16(32-15)12-4-2-1-3-5-12)17(31)30(10-20(23,24)25)18(29-19)33-11-21(26,27)28/h1-8,16H,9-11H2. The normalized spacial score (nSPS) is 22.9. The second kappa shape index (κ2) is 8.53. The number of ether oxygens (including phenoxy) is 1. The van der Waals surface area contributed by atoms with Crippen molar-refractivity contribution in [2.75, 3.05) is 12.3 Å². The molecule has 2 aromatic carbocycles. The van der Waals surface area contributed by atoms with E-state index in [1.54, 1.807) is 42.5 Å². The molecule has 0 radical (unpaired) electrons. The molecule has 2 heterocycles. The number of alkyl halides is 6. The first-order valence-corrected chi connectivity index (χ1v) is 11.4. The third kappa shape index (κ3) is 5.01. The maximum Gasteiger partial charge on any atom is 0.406 e. The zero-order valence-electron chi connectivity index (χ0n) is 16.6. The van der Waals surface area contributed by atoms with E-state index in [1.807, 2.05) is 0 Å². The number of thioether (sulfide) groups is 1. The molecule has 0 saturated heterocycles. The van der Waals surface area contributed by atoms with Crippen LogP contribution in [0.4, 0.5) is 26.3 Å². The molecule has 33 heavy (non-hydrogen) atoms. The van der Waals surface area contributed by atoms with Crippen LogP contribution in [0.3, 0.4) is 0 Å². The molecule has 1 amide bonds. The molecule has 2 aliphatic rings. The second-order valence-corrected chi connectivity index (χ2v) is 9.38. The maximum absolute atomic E-state index is 13.5. The van der Waals surface area contributed by atoms with Gasteiger partial charge in [-0.3, -0.25) is 9.69 Å². The monoisotopic (exact) mass is 552 g/mol. The number of rotatable bonds is 3. The fourth-order valence-electron chi connectivity index (χ4n) is 3.82. The first-order valence-electron chi connectivity index (χ1n) is 9.58. The van der Waals surface area contributed by atoms with E-state index < -0.39 is 47.4 Å². The first-order chi connectivity index (χ1) is 15.4. The Morgan fingerprint density at radius 2 is 1.79 bits per heavy atom. The summed E-state index contributed by atoms with van der Waals surface area (Å²) >= 11 is 3.34. The van der Waals surface area contributed by atoms with Gasteiger partial charge in [-0.05, 0) is 23.8 Å². The van der Waals surface area contributed by atoms with Gasteiger partial charge >= 0.3 is 12.4 Å². The van der Waals surface area contributed by atoms with Crippen molar-refractivity contribution in [3.05, 3.63) is 64.1 Å². The van der Waals surface area contributed by atoms with Gasteiger partial charge in [0.05, 0.1) is 5.75 Å². The number of carbonyl (C=O) groups excluding carboxylic acids is 1. The van der Waals surface area contributed by atoms with Crippen LogP contribution in [0.1, 0.15) is 23.7 Å². The zero-order chi connectivity index (χ0) is 24.0. The topological polar surface area (TPSA) is 41.9 Å². The molecule has 2 atom stereocenters. The average Bonchev–Trinajstić information content (AvgIpc) is 2.98. The fraction of sp³-hybridized carbons (Fsp3) is 0.333. The van der Waals surface area contributed by atoms with Gasteiger partial charge < -0.3 is 4.74 Å². The summed E-state index contributed by atoms with van der Waals surface area (Å²) in [5.41, 5.74) is -0.993. The zero-order valence-corrected chi connectivity index (χ0v) is 19.0. The Morgan fingerprint density at radius 3 is 2.42 bits per heavy atom. The van der Waals surface area contributed by atoms with Gasteiger partial charge in [0.15, 0.2) is 10.7 Å². The second-order valence-electron chi connectivity index (χ2n) is 7.53. The Bertz CT molecular complexity index is 1090. The van der Waals surface area contributed by atoms with E-state index in [4.69, 9.17) is 4.74 Å². The van der Waals surface area contributed by atoms with Gasteiger partial charge in [0.25, 0.3) is 5.91 Å². The van der Waals surface area contributed by atoms with E-state index in [9.17, 15) is 31.1 Å². The molecule has 2 aromatic rings. The van der Waals surface area contributed by atoms with Gasteiger partial charge in [-0.25, -0.2) is 4.99 Å². The van der Waals surface area contributed by atoms with Crippen molar-refractivity contribution >= 4 is 38.8 Å². The Hall–Kier alpha value is -2.21. The number of hydrogen-bond donors (Lipinski definition) is 0. The number of fused-ring (bicyclic) bond motifs is 2. The molecule has 0 fully saturated rings. The number of carbonyl (C=O) groups is 1. The smallest absolute Gasteiger partial charge is 0.406 e. The number of nitrogens with zero attached hydrogens (tertiary/aromatic N) is 2. The van der Waals surface area contributed by atoms with Crippen LogP contribution in [-0.2, 0) is 10.3 Å². The van der Waals surface area contributed by atoms with Gasteiger partial charge in [-0.1, -0.05) is 58.0 Å². The molecule has 0 N–H and O–H groups in total. The van der Waals surface area contributed by atoms with Gasteiger partial charge in [0, 0.05) is 16.5 Å². The lowest BCUT2D eigenvalue weighted by Gasteiger charge is -2.37. The molecule has 4 nitrogen and oxygen atoms in total. The Balaban J connectivity index is 1.83. The van der Waals surface area contributed by atoms with E-state index in [0.717, 1.165) is 0 Å². The molecule has 1 spiro atoms. The molecule has 0 aromatic heterocycles. The third-order valence-electron chi connectivity index (χ3n) is 5.13. The van der Waals surface area contributed by atoms with Crippen molar-refractivity contribution in [2.24, 2.45) is 4.99 Å². The van der Waals surface area contributed by atoms with E-state index in [1.165, 1.54) is 6.07 Å². The molecule has 4 rings (SSSR count). The highest BCUT2D eigenvalue weighted by atomic mass is 79.9. The maximum atomic E-state index is 13.5. The van der Waals surface area contributed by atoms with E-state index in [-0.39, 0.29) is 29.5 Å². The molecule has 0 saturated carbocycles. The van der Waals surface area contributed by atoms with Crippen LogP contribution < -0.4 is 4.74 Å². The highest BCUT2D eigenvalue weighted by Crippen LogP contribution is 2.52. The Morgan fingerprint density at radius 1 is 1.09 bits per heavy atom. The summed E-state index contributed by atoms with van der Waals surface area (Å²) in [4.78, 5) is 18.0. The lowest BCUT2D eigenvalue weighted by atomic mass is 9.80. The average molecular weight is 553 g/mol. The van der Waals surface area contributed by atoms with E-state index >= 15 is 0 Å². The first kappa shape index (κ1) is 23.9. The number of amides is 1. The molecular weight excluding hydrogens is 538 g/mol. The summed E-state index contributed by atoms with van der Waals surface area (Å²) in [5, 5.41) is -0.616. The SMILES string of the molecule is O=C1N(CC(F)(F)F)C(SCC(F)(F)F)=NC12CC(c1ccccc1)Oc1ccc(Br)cc12. The van der Waals surface area contributed by atoms with Gasteiger partial charge in [0.1, 0.15) is 18.4 Å². The summed E-state index contributed by atoms with van der Waals surface area (Å²) in [6.45, 7) is -1.74. The molecule has 176 valence electrons. The molecule has 0 bridgehead atoms. The van der Waals surface area contributed by atoms with E-state index in [0.29, 0.717) is 14.9 Å². The van der Waals surface area contributed by atoms with E-state index in [2.05, 4.69) is 20.9 Å². The summed E-state index contributed by atoms with van der Waals surface area (Å²) in [6, 6.07) is 13.4. The highest BCUT2D eigenvalue weighted by molar-refractivity contribution is 9.10. The number of amidine groups is 1. The summed E-state index contributed by atoms with van der Waals surface area (Å²) in [7, 11) is 0. The van der Waals surface area contributed by atoms with Crippen molar-refractivity contribution in [2.45, 2.75) is 30.4 Å². The highest BCUT2D eigenvalue weighted by Gasteiger charge is 2.57.